The number of hydrogen-bond donors (Lipinski definition) is 8. The van der Waals surface area contributed by atoms with Crippen LogP contribution in [0.2, 0.25) is 0 Å². The first-order valence-electron chi connectivity index (χ1n) is 9.47. The highest BCUT2D eigenvalue weighted by Crippen LogP contribution is 1.91. The molecular formula is C18H38N2O14. The first kappa shape index (κ1) is 38.8. The molecule has 8 N–H and O–H groups in total. The number of carbonyl (C=O) groups excluding carboxylic acids is 2. The summed E-state index contributed by atoms with van der Waals surface area (Å²) in [5.74, 6) is -7.65. The highest BCUT2D eigenvalue weighted by Gasteiger charge is 2.24. The molecule has 0 saturated heterocycles. The Kier molecular flexibility index (Phi) is 21.6. The van der Waals surface area contributed by atoms with Crippen molar-refractivity contribution in [2.24, 2.45) is 0 Å². The topological polar surface area (TPSA) is 276 Å². The van der Waals surface area contributed by atoms with Crippen molar-refractivity contribution >= 4 is 23.9 Å². The Morgan fingerprint density at radius 3 is 0.824 bits per heavy atom. The van der Waals surface area contributed by atoms with E-state index in [0.29, 0.717) is 0 Å². The number of carboxylic acids is 4. The molecule has 34 heavy (non-hydrogen) atoms. The van der Waals surface area contributed by atoms with Gasteiger partial charge in [-0.1, -0.05) is 0 Å². The van der Waals surface area contributed by atoms with Crippen LogP contribution in [0.3, 0.4) is 0 Å². The molecule has 0 heterocycles. The van der Waals surface area contributed by atoms with Crippen LogP contribution in [-0.2, 0) is 19.2 Å². The number of hydrogen-bond acceptors (Lipinski definition) is 12. The van der Waals surface area contributed by atoms with Crippen LogP contribution in [-0.4, -0.2) is 167 Å². The number of rotatable bonds is 10. The Bertz CT molecular complexity index is 512. The van der Waals surface area contributed by atoms with E-state index in [1.807, 2.05) is 0 Å². The van der Waals surface area contributed by atoms with E-state index in [1.165, 1.54) is 0 Å². The summed E-state index contributed by atoms with van der Waals surface area (Å²) < 4.78 is 1.69. The van der Waals surface area contributed by atoms with Gasteiger partial charge in [0, 0.05) is 0 Å². The smallest absolute Gasteiger partial charge is 0.335 e. The number of nitrogens with zero attached hydrogens (tertiary/aromatic N) is 2. The second-order valence-corrected chi connectivity index (χ2v) is 8.57. The van der Waals surface area contributed by atoms with Crippen molar-refractivity contribution in [2.75, 3.05) is 68.6 Å². The third kappa shape index (κ3) is 27.6. The molecule has 0 rings (SSSR count). The highest BCUT2D eigenvalue weighted by atomic mass is 16.4. The molecule has 0 radical (unpaired) electrons. The maximum Gasteiger partial charge on any atom is 0.335 e. The van der Waals surface area contributed by atoms with Gasteiger partial charge in [0.25, 0.3) is 0 Å². The summed E-state index contributed by atoms with van der Waals surface area (Å²) in [5.41, 5.74) is 0. The zero-order valence-corrected chi connectivity index (χ0v) is 20.1. The Labute approximate surface area is 196 Å². The molecule has 0 spiro atoms. The Hall–Kier alpha value is -2.44. The van der Waals surface area contributed by atoms with Crippen LogP contribution in [0.4, 0.5) is 0 Å². The Balaban J connectivity index is -0.000000179. The van der Waals surface area contributed by atoms with E-state index in [9.17, 15) is 29.4 Å². The summed E-state index contributed by atoms with van der Waals surface area (Å²) in [6, 6.07) is 0. The standard InChI is InChI=1S/2C5H14NO.2C4H6O6/c2*1-6(2,3)4-5-7;2*5-1(3(7)8)2(6)4(9)10/h2*7H,4-5H2,1-3H3;2*1-2,5-6H,(H,7,8)(H,9,10)/q2*+1;;/p-2. The normalized spacial score (nSPS) is 14.2. The minimum absolute atomic E-state index is 0.281. The average molecular weight is 507 g/mol. The van der Waals surface area contributed by atoms with E-state index in [0.717, 1.165) is 22.1 Å². The first-order chi connectivity index (χ1) is 15.0. The van der Waals surface area contributed by atoms with E-state index in [2.05, 4.69) is 42.3 Å². The molecule has 16 nitrogen and oxygen atoms in total. The van der Waals surface area contributed by atoms with Gasteiger partial charge in [-0.2, -0.15) is 0 Å². The lowest BCUT2D eigenvalue weighted by Crippen LogP contribution is -2.46. The molecule has 0 bridgehead atoms. The highest BCUT2D eigenvalue weighted by molar-refractivity contribution is 5.82. The van der Waals surface area contributed by atoms with Crippen molar-refractivity contribution < 1.29 is 79.2 Å². The van der Waals surface area contributed by atoms with Crippen molar-refractivity contribution in [1.82, 2.24) is 0 Å². The fourth-order valence-corrected chi connectivity index (χ4v) is 1.13. The van der Waals surface area contributed by atoms with Crippen LogP contribution in [0.15, 0.2) is 0 Å². The van der Waals surface area contributed by atoms with Gasteiger partial charge in [-0.15, -0.1) is 0 Å². The van der Waals surface area contributed by atoms with Gasteiger partial charge >= 0.3 is 11.9 Å². The van der Waals surface area contributed by atoms with Gasteiger partial charge in [-0.05, 0) is 0 Å². The molecule has 4 unspecified atom stereocenters. The van der Waals surface area contributed by atoms with Gasteiger partial charge in [-0.3, -0.25) is 0 Å². The number of quaternary nitrogens is 2. The van der Waals surface area contributed by atoms with Crippen LogP contribution in [0.25, 0.3) is 0 Å². The summed E-state index contributed by atoms with van der Waals surface area (Å²) in [6.45, 7) is 2.23. The number of carbonyl (C=O) groups is 4. The minimum atomic E-state index is -2.38. The lowest BCUT2D eigenvalue weighted by molar-refractivity contribution is -0.870. The molecule has 0 aromatic heterocycles. The van der Waals surface area contributed by atoms with E-state index in [4.69, 9.17) is 40.9 Å². The van der Waals surface area contributed by atoms with Crippen LogP contribution in [0, 0.1) is 0 Å². The molecule has 0 fully saturated rings. The molecule has 204 valence electrons. The summed E-state index contributed by atoms with van der Waals surface area (Å²) in [7, 11) is 12.3. The zero-order valence-electron chi connectivity index (χ0n) is 20.1. The lowest BCUT2D eigenvalue weighted by atomic mass is 10.2. The van der Waals surface area contributed by atoms with Crippen LogP contribution in [0.1, 0.15) is 0 Å². The summed E-state index contributed by atoms with van der Waals surface area (Å²) in [4.78, 5) is 38.8. The number of aliphatic hydroxyl groups is 6. The third-order valence-corrected chi connectivity index (χ3v) is 3.13. The molecule has 16 heteroatoms. The summed E-state index contributed by atoms with van der Waals surface area (Å²) >= 11 is 0. The molecule has 0 aromatic rings. The van der Waals surface area contributed by atoms with Crippen molar-refractivity contribution in [3.63, 3.8) is 0 Å². The molecule has 0 aromatic carbocycles. The number of aliphatic carboxylic acids is 4. The number of carboxylic acid groups (broad SMARTS) is 4. The van der Waals surface area contributed by atoms with Crippen LogP contribution >= 0.6 is 0 Å². The van der Waals surface area contributed by atoms with Gasteiger partial charge in [0.05, 0.1) is 67.4 Å². The molecule has 4 atom stereocenters. The summed E-state index contributed by atoms with van der Waals surface area (Å²) in [5, 5.41) is 85.0. The summed E-state index contributed by atoms with van der Waals surface area (Å²) in [6.07, 6.45) is -9.41. The van der Waals surface area contributed by atoms with E-state index >= 15 is 0 Å². The molecular weight excluding hydrogens is 468 g/mol. The van der Waals surface area contributed by atoms with E-state index in [1.54, 1.807) is 0 Å². The average Bonchev–Trinajstić information content (AvgIpc) is 2.64. The maximum atomic E-state index is 9.74. The molecule has 0 amide bonds. The largest absolute Gasteiger partial charge is 0.547 e. The molecule has 0 saturated carbocycles. The number of aliphatic hydroxyl groups excluding tert-OH is 6. The van der Waals surface area contributed by atoms with Crippen molar-refractivity contribution in [2.45, 2.75) is 24.4 Å². The van der Waals surface area contributed by atoms with Gasteiger partial charge in [-0.25, -0.2) is 9.59 Å². The van der Waals surface area contributed by atoms with Gasteiger partial charge in [0.2, 0.25) is 0 Å². The number of likely N-dealkylation sites (N-methyl/N-ethyl adjacent to an activating group) is 2. The molecule has 0 aliphatic carbocycles. The third-order valence-electron chi connectivity index (χ3n) is 3.13. The minimum Gasteiger partial charge on any atom is -0.547 e. The fraction of sp³-hybridized carbons (Fsp3) is 0.778. The van der Waals surface area contributed by atoms with Crippen molar-refractivity contribution in [1.29, 1.82) is 0 Å². The van der Waals surface area contributed by atoms with Crippen LogP contribution < -0.4 is 10.2 Å². The van der Waals surface area contributed by atoms with E-state index in [-0.39, 0.29) is 13.2 Å². The quantitative estimate of drug-likeness (QED) is 0.128. The van der Waals surface area contributed by atoms with Gasteiger partial charge in [0.15, 0.2) is 12.2 Å². The maximum absolute atomic E-state index is 9.74. The van der Waals surface area contributed by atoms with Gasteiger partial charge in [0.1, 0.15) is 25.3 Å². The Morgan fingerprint density at radius 1 is 0.588 bits per heavy atom. The second-order valence-electron chi connectivity index (χ2n) is 8.57. The van der Waals surface area contributed by atoms with Crippen molar-refractivity contribution in [3.8, 4) is 0 Å². The monoisotopic (exact) mass is 506 g/mol. The Morgan fingerprint density at radius 2 is 0.794 bits per heavy atom. The first-order valence-corrected chi connectivity index (χ1v) is 9.47. The predicted octanol–water partition coefficient (Wildman–Crippen LogP) is -7.54. The van der Waals surface area contributed by atoms with Crippen molar-refractivity contribution in [3.05, 3.63) is 0 Å². The SMILES string of the molecule is C[N+](C)(C)CCO.C[N+](C)(C)CCO.O=C([O-])C(O)C(O)C(=O)O.O=C([O-])C(O)C(O)C(=O)O. The molecule has 0 aliphatic rings. The fourth-order valence-electron chi connectivity index (χ4n) is 1.13. The van der Waals surface area contributed by atoms with E-state index < -0.39 is 48.3 Å². The predicted molar refractivity (Wildman–Crippen MR) is 109 cm³/mol. The van der Waals surface area contributed by atoms with Gasteiger partial charge < -0.3 is 69.6 Å². The lowest BCUT2D eigenvalue weighted by Gasteiger charge is -2.21. The zero-order chi connectivity index (χ0) is 28.4. The van der Waals surface area contributed by atoms with Crippen LogP contribution in [0.5, 0.6) is 0 Å². The molecule has 0 aliphatic heterocycles. The second kappa shape index (κ2) is 18.9.